The van der Waals surface area contributed by atoms with Crippen molar-refractivity contribution in [1.29, 1.82) is 0 Å². The molecule has 1 aromatic carbocycles. The maximum absolute atomic E-state index is 5.17. The fourth-order valence-electron chi connectivity index (χ4n) is 2.27. The van der Waals surface area contributed by atoms with Gasteiger partial charge in [0.05, 0.1) is 18.5 Å². The van der Waals surface area contributed by atoms with Crippen LogP contribution in [0.1, 0.15) is 23.9 Å². The van der Waals surface area contributed by atoms with Crippen molar-refractivity contribution in [2.45, 2.75) is 33.2 Å². The zero-order valence-corrected chi connectivity index (χ0v) is 12.6. The van der Waals surface area contributed by atoms with Gasteiger partial charge < -0.3 is 10.1 Å². The Morgan fingerprint density at radius 2 is 1.80 bits per heavy atom. The topological polar surface area (TPSA) is 34.1 Å². The number of benzene rings is 1. The Bertz CT molecular complexity index is 564. The summed E-state index contributed by atoms with van der Waals surface area (Å²) in [6.07, 6.45) is 0.970. The maximum atomic E-state index is 5.17. The van der Waals surface area contributed by atoms with Crippen LogP contribution in [0.3, 0.4) is 0 Å². The minimum Gasteiger partial charge on any atom is -0.497 e. The van der Waals surface area contributed by atoms with E-state index in [2.05, 4.69) is 35.4 Å². The number of hydrogen-bond donors (Lipinski definition) is 1. The highest BCUT2D eigenvalue weighted by atomic mass is 16.5. The Balaban J connectivity index is 1.99. The van der Waals surface area contributed by atoms with E-state index in [4.69, 9.17) is 4.74 Å². The molecule has 0 amide bonds. The number of ether oxygens (including phenoxy) is 1. The molecule has 0 saturated heterocycles. The van der Waals surface area contributed by atoms with Crippen LogP contribution in [0.15, 0.2) is 36.4 Å². The molecule has 0 fully saturated rings. The van der Waals surface area contributed by atoms with Gasteiger partial charge in [0.15, 0.2) is 0 Å². The van der Waals surface area contributed by atoms with Crippen LogP contribution >= 0.6 is 0 Å². The number of rotatable bonds is 5. The number of methoxy groups -OCH3 is 1. The van der Waals surface area contributed by atoms with Crippen molar-refractivity contribution in [3.63, 3.8) is 0 Å². The summed E-state index contributed by atoms with van der Waals surface area (Å²) < 4.78 is 5.17. The molecular weight excluding hydrogens is 248 g/mol. The number of pyridine rings is 1. The van der Waals surface area contributed by atoms with Gasteiger partial charge in [0.1, 0.15) is 5.75 Å². The van der Waals surface area contributed by atoms with Gasteiger partial charge in [0.2, 0.25) is 0 Å². The summed E-state index contributed by atoms with van der Waals surface area (Å²) in [5.74, 6) is 0.896. The third-order valence-corrected chi connectivity index (χ3v) is 3.33. The van der Waals surface area contributed by atoms with Crippen LogP contribution in [0.25, 0.3) is 0 Å². The minimum atomic E-state index is 0.353. The van der Waals surface area contributed by atoms with Crippen molar-refractivity contribution in [2.75, 3.05) is 12.4 Å². The van der Waals surface area contributed by atoms with E-state index >= 15 is 0 Å². The van der Waals surface area contributed by atoms with Gasteiger partial charge in [-0.3, -0.25) is 4.98 Å². The standard InChI is InChI=1S/C17H22N2O/c1-12-5-10-17(14(3)18-12)19-13(2)11-15-6-8-16(20-4)9-7-15/h5-10,13,19H,11H2,1-4H3. The van der Waals surface area contributed by atoms with Crippen LogP contribution < -0.4 is 10.1 Å². The average molecular weight is 270 g/mol. The van der Waals surface area contributed by atoms with E-state index in [-0.39, 0.29) is 0 Å². The molecule has 0 spiro atoms. The number of nitrogens with one attached hydrogen (secondary N) is 1. The molecule has 0 radical (unpaired) electrons. The van der Waals surface area contributed by atoms with Crippen LogP contribution in [0, 0.1) is 13.8 Å². The number of anilines is 1. The molecular formula is C17H22N2O. The third kappa shape index (κ3) is 3.73. The number of hydrogen-bond acceptors (Lipinski definition) is 3. The average Bonchev–Trinajstić information content (AvgIpc) is 2.43. The molecule has 0 saturated carbocycles. The van der Waals surface area contributed by atoms with Crippen LogP contribution in [0.4, 0.5) is 5.69 Å². The monoisotopic (exact) mass is 270 g/mol. The largest absolute Gasteiger partial charge is 0.497 e. The van der Waals surface area contributed by atoms with Crippen molar-refractivity contribution in [3.8, 4) is 5.75 Å². The Morgan fingerprint density at radius 1 is 1.10 bits per heavy atom. The van der Waals surface area contributed by atoms with Gasteiger partial charge in [-0.15, -0.1) is 0 Å². The van der Waals surface area contributed by atoms with E-state index in [1.807, 2.05) is 32.0 Å². The fourth-order valence-corrected chi connectivity index (χ4v) is 2.27. The van der Waals surface area contributed by atoms with Gasteiger partial charge in [-0.05, 0) is 57.0 Å². The Hall–Kier alpha value is -2.03. The van der Waals surface area contributed by atoms with Gasteiger partial charge in [-0.1, -0.05) is 12.1 Å². The normalized spacial score (nSPS) is 12.0. The molecule has 0 aliphatic heterocycles. The zero-order valence-electron chi connectivity index (χ0n) is 12.6. The molecule has 1 N–H and O–H groups in total. The first-order chi connectivity index (χ1) is 9.58. The molecule has 20 heavy (non-hydrogen) atoms. The summed E-state index contributed by atoms with van der Waals surface area (Å²) in [6.45, 7) is 6.23. The van der Waals surface area contributed by atoms with E-state index in [9.17, 15) is 0 Å². The Labute approximate surface area is 121 Å². The summed E-state index contributed by atoms with van der Waals surface area (Å²) >= 11 is 0. The summed E-state index contributed by atoms with van der Waals surface area (Å²) in [5.41, 5.74) is 4.50. The molecule has 1 unspecified atom stereocenters. The molecule has 3 heteroatoms. The quantitative estimate of drug-likeness (QED) is 0.898. The lowest BCUT2D eigenvalue weighted by atomic mass is 10.1. The van der Waals surface area contributed by atoms with E-state index in [1.165, 1.54) is 5.56 Å². The van der Waals surface area contributed by atoms with Gasteiger partial charge in [-0.2, -0.15) is 0 Å². The maximum Gasteiger partial charge on any atom is 0.118 e. The lowest BCUT2D eigenvalue weighted by molar-refractivity contribution is 0.414. The highest BCUT2D eigenvalue weighted by molar-refractivity contribution is 5.48. The zero-order chi connectivity index (χ0) is 14.5. The predicted molar refractivity (Wildman–Crippen MR) is 83.5 cm³/mol. The molecule has 3 nitrogen and oxygen atoms in total. The van der Waals surface area contributed by atoms with Gasteiger partial charge in [0, 0.05) is 11.7 Å². The second-order valence-electron chi connectivity index (χ2n) is 5.18. The minimum absolute atomic E-state index is 0.353. The highest BCUT2D eigenvalue weighted by Crippen LogP contribution is 2.17. The van der Waals surface area contributed by atoms with Gasteiger partial charge >= 0.3 is 0 Å². The van der Waals surface area contributed by atoms with Crippen LogP contribution in [0.5, 0.6) is 5.75 Å². The summed E-state index contributed by atoms with van der Waals surface area (Å²) in [4.78, 5) is 4.48. The lowest BCUT2D eigenvalue weighted by Gasteiger charge is -2.17. The van der Waals surface area contributed by atoms with E-state index < -0.39 is 0 Å². The Morgan fingerprint density at radius 3 is 2.40 bits per heavy atom. The fraction of sp³-hybridized carbons (Fsp3) is 0.353. The first kappa shape index (κ1) is 14.4. The Kier molecular flexibility index (Phi) is 4.61. The van der Waals surface area contributed by atoms with E-state index in [0.717, 1.165) is 29.2 Å². The van der Waals surface area contributed by atoms with Crippen molar-refractivity contribution < 1.29 is 4.74 Å². The summed E-state index contributed by atoms with van der Waals surface area (Å²) in [5, 5.41) is 3.52. The lowest BCUT2D eigenvalue weighted by Crippen LogP contribution is -2.19. The SMILES string of the molecule is COc1ccc(CC(C)Nc2ccc(C)nc2C)cc1. The molecule has 0 aliphatic carbocycles. The molecule has 106 valence electrons. The summed E-state index contributed by atoms with van der Waals surface area (Å²) in [7, 11) is 1.69. The van der Waals surface area contributed by atoms with Crippen molar-refractivity contribution in [2.24, 2.45) is 0 Å². The molecule has 1 heterocycles. The number of aryl methyl sites for hydroxylation is 2. The van der Waals surface area contributed by atoms with E-state index in [0.29, 0.717) is 6.04 Å². The first-order valence-electron chi connectivity index (χ1n) is 6.92. The van der Waals surface area contributed by atoms with Gasteiger partial charge in [-0.25, -0.2) is 0 Å². The van der Waals surface area contributed by atoms with Gasteiger partial charge in [0.25, 0.3) is 0 Å². The van der Waals surface area contributed by atoms with Crippen molar-refractivity contribution >= 4 is 5.69 Å². The number of nitrogens with zero attached hydrogens (tertiary/aromatic N) is 1. The first-order valence-corrected chi connectivity index (χ1v) is 6.92. The smallest absolute Gasteiger partial charge is 0.118 e. The third-order valence-electron chi connectivity index (χ3n) is 3.33. The second kappa shape index (κ2) is 6.42. The molecule has 2 rings (SSSR count). The molecule has 0 aliphatic rings. The van der Waals surface area contributed by atoms with Crippen molar-refractivity contribution in [1.82, 2.24) is 4.98 Å². The molecule has 1 atom stereocenters. The van der Waals surface area contributed by atoms with Crippen LogP contribution in [0.2, 0.25) is 0 Å². The second-order valence-corrected chi connectivity index (χ2v) is 5.18. The predicted octanol–water partition coefficient (Wildman–Crippen LogP) is 3.75. The molecule has 2 aromatic rings. The number of aromatic nitrogens is 1. The summed E-state index contributed by atoms with van der Waals surface area (Å²) in [6, 6.07) is 12.7. The molecule has 0 bridgehead atoms. The van der Waals surface area contributed by atoms with Crippen LogP contribution in [-0.2, 0) is 6.42 Å². The van der Waals surface area contributed by atoms with Crippen LogP contribution in [-0.4, -0.2) is 18.1 Å². The highest BCUT2D eigenvalue weighted by Gasteiger charge is 2.06. The van der Waals surface area contributed by atoms with E-state index in [1.54, 1.807) is 7.11 Å². The van der Waals surface area contributed by atoms with Crippen molar-refractivity contribution in [3.05, 3.63) is 53.3 Å². The molecule has 1 aromatic heterocycles.